The van der Waals surface area contributed by atoms with Crippen molar-refractivity contribution >= 4 is 43.9 Å². The molecule has 0 radical (unpaired) electrons. The molecule has 0 spiro atoms. The Morgan fingerprint density at radius 3 is 1.50 bits per heavy atom. The molecular formula is CH4CaO3Zr. The summed E-state index contributed by atoms with van der Waals surface area (Å²) >= 11 is 0. The second-order valence-corrected chi connectivity index (χ2v) is 0.283. The normalized spacial score (nSPS) is 4.00. The maximum Gasteiger partial charge on any atom is 2.00 e. The number of hydrogen-bond acceptors (Lipinski definition) is 1. The van der Waals surface area contributed by atoms with Crippen molar-refractivity contribution in [3.63, 3.8) is 0 Å². The fraction of sp³-hybridized carbons (Fsp3) is 0. The maximum atomic E-state index is 8.56. The van der Waals surface area contributed by atoms with E-state index in [0.29, 0.717) is 0 Å². The Kier molecular flexibility index (Phi) is 25.2. The maximum absolute atomic E-state index is 8.56. The topological polar surface area (TPSA) is 57.5 Å². The van der Waals surface area contributed by atoms with Crippen LogP contribution in [0.2, 0.25) is 0 Å². The summed E-state index contributed by atoms with van der Waals surface area (Å²) < 4.78 is 0. The van der Waals surface area contributed by atoms with Crippen molar-refractivity contribution < 1.29 is 44.1 Å². The molecule has 0 aliphatic carbocycles. The van der Waals surface area contributed by atoms with Crippen molar-refractivity contribution in [1.82, 2.24) is 0 Å². The van der Waals surface area contributed by atoms with Gasteiger partial charge in [-0.2, -0.15) is 0 Å². The van der Waals surface area contributed by atoms with E-state index < -0.39 is 6.16 Å². The van der Waals surface area contributed by atoms with E-state index in [1.54, 1.807) is 0 Å². The van der Waals surface area contributed by atoms with Crippen LogP contribution in [0.5, 0.6) is 0 Å². The summed E-state index contributed by atoms with van der Waals surface area (Å²) in [5.41, 5.74) is 0. The zero-order valence-corrected chi connectivity index (χ0v) is 7.68. The van der Waals surface area contributed by atoms with Gasteiger partial charge in [0, 0.05) is 26.2 Å². The van der Waals surface area contributed by atoms with E-state index in [9.17, 15) is 0 Å². The Morgan fingerprint density at radius 2 is 1.50 bits per heavy atom. The second kappa shape index (κ2) is 9.65. The third kappa shape index (κ3) is 52.8. The molecule has 0 unspecified atom stereocenters. The minimum atomic E-state index is -1.83. The third-order valence-corrected chi connectivity index (χ3v) is 0. The summed E-state index contributed by atoms with van der Waals surface area (Å²) in [6.45, 7) is 0. The van der Waals surface area contributed by atoms with Crippen LogP contribution in [0, 0.1) is 0 Å². The Labute approximate surface area is 86.8 Å². The summed E-state index contributed by atoms with van der Waals surface area (Å²) in [7, 11) is 0. The van der Waals surface area contributed by atoms with Crippen LogP contribution in [0.25, 0.3) is 0 Å². The summed E-state index contributed by atoms with van der Waals surface area (Å²) in [5, 5.41) is 13.9. The molecule has 0 atom stereocenters. The molecule has 6 heavy (non-hydrogen) atoms. The van der Waals surface area contributed by atoms with Crippen molar-refractivity contribution in [3.8, 4) is 0 Å². The van der Waals surface area contributed by atoms with Crippen molar-refractivity contribution in [3.05, 3.63) is 0 Å². The first-order chi connectivity index (χ1) is 1.73. The molecule has 0 saturated heterocycles. The van der Waals surface area contributed by atoms with Crippen molar-refractivity contribution in [2.45, 2.75) is 0 Å². The first kappa shape index (κ1) is 15.7. The number of carbonyl (C=O) groups is 1. The van der Waals surface area contributed by atoms with Gasteiger partial charge in [0.25, 0.3) is 0 Å². The molecule has 0 aromatic rings. The molecule has 0 aliphatic rings. The SMILES string of the molecule is O=C(O)O.[Ca+2].[H-].[H-].[Zr]. The molecule has 0 rings (SSSR count). The Hall–Kier alpha value is 1.41. The molecule has 0 aromatic carbocycles. The smallest absolute Gasteiger partial charge is 1.00 e. The van der Waals surface area contributed by atoms with Gasteiger partial charge < -0.3 is 13.1 Å². The van der Waals surface area contributed by atoms with E-state index in [1.807, 2.05) is 0 Å². The number of hydrogen-bond donors (Lipinski definition) is 2. The van der Waals surface area contributed by atoms with Crippen molar-refractivity contribution in [1.29, 1.82) is 0 Å². The Balaban J connectivity index is -0.00000000750. The van der Waals surface area contributed by atoms with Crippen molar-refractivity contribution in [2.75, 3.05) is 0 Å². The van der Waals surface area contributed by atoms with E-state index in [4.69, 9.17) is 15.0 Å². The van der Waals surface area contributed by atoms with Crippen LogP contribution in [0.4, 0.5) is 4.79 Å². The quantitative estimate of drug-likeness (QED) is 0.538. The molecule has 0 heterocycles. The van der Waals surface area contributed by atoms with Gasteiger partial charge in [0.05, 0.1) is 0 Å². The predicted molar refractivity (Wildman–Crippen MR) is 18.6 cm³/mol. The standard InChI is InChI=1S/CH2O3.Ca.Zr.2H/c2-1(3)4;;;;/h(H2,2,3,4);;;;/q;+2;;2*-1. The summed E-state index contributed by atoms with van der Waals surface area (Å²) in [6.07, 6.45) is -1.83. The first-order valence-corrected chi connectivity index (χ1v) is 0.651. The molecular weight excluding hydrogens is 191 g/mol. The van der Waals surface area contributed by atoms with Gasteiger partial charge in [0.15, 0.2) is 0 Å². The van der Waals surface area contributed by atoms with Gasteiger partial charge >= 0.3 is 43.9 Å². The first-order valence-electron chi connectivity index (χ1n) is 0.651. The molecule has 0 bridgehead atoms. The predicted octanol–water partition coefficient (Wildman–Crippen LogP) is 0.0641. The van der Waals surface area contributed by atoms with Gasteiger partial charge in [-0.1, -0.05) is 0 Å². The fourth-order valence-corrected chi connectivity index (χ4v) is 0. The van der Waals surface area contributed by atoms with E-state index in [1.165, 1.54) is 0 Å². The van der Waals surface area contributed by atoms with Gasteiger partial charge in [-0.25, -0.2) is 4.79 Å². The van der Waals surface area contributed by atoms with Gasteiger partial charge in [0.1, 0.15) is 0 Å². The molecule has 2 N–H and O–H groups in total. The van der Waals surface area contributed by atoms with Gasteiger partial charge in [0.2, 0.25) is 0 Å². The van der Waals surface area contributed by atoms with E-state index in [2.05, 4.69) is 0 Å². The van der Waals surface area contributed by atoms with E-state index in [0.717, 1.165) is 0 Å². The van der Waals surface area contributed by atoms with Crippen LogP contribution in [-0.2, 0) is 26.2 Å². The van der Waals surface area contributed by atoms with Crippen LogP contribution in [-0.4, -0.2) is 54.1 Å². The molecule has 32 valence electrons. The minimum absolute atomic E-state index is 0. The number of carboxylic acid groups (broad SMARTS) is 2. The molecule has 3 nitrogen and oxygen atoms in total. The van der Waals surface area contributed by atoms with E-state index in [-0.39, 0.29) is 66.8 Å². The summed E-state index contributed by atoms with van der Waals surface area (Å²) in [4.78, 5) is 8.56. The number of rotatable bonds is 0. The van der Waals surface area contributed by atoms with Gasteiger partial charge in [-0.05, 0) is 0 Å². The van der Waals surface area contributed by atoms with Crippen LogP contribution >= 0.6 is 0 Å². The second-order valence-electron chi connectivity index (χ2n) is 0.283. The average molecular weight is 195 g/mol. The zero-order valence-electron chi connectivity index (χ0n) is 5.01. The van der Waals surface area contributed by atoms with Crippen LogP contribution in [0.15, 0.2) is 0 Å². The van der Waals surface area contributed by atoms with Crippen LogP contribution < -0.4 is 0 Å². The molecule has 0 saturated carbocycles. The van der Waals surface area contributed by atoms with Crippen LogP contribution in [0.1, 0.15) is 2.85 Å². The zero-order chi connectivity index (χ0) is 3.58. The largest absolute Gasteiger partial charge is 2.00 e. The third-order valence-electron chi connectivity index (χ3n) is 0. The van der Waals surface area contributed by atoms with Gasteiger partial charge in [-0.15, -0.1) is 0 Å². The van der Waals surface area contributed by atoms with Crippen LogP contribution in [0.3, 0.4) is 0 Å². The van der Waals surface area contributed by atoms with Crippen molar-refractivity contribution in [2.24, 2.45) is 0 Å². The minimum Gasteiger partial charge on any atom is -1.00 e. The monoisotopic (exact) mass is 194 g/mol. The molecule has 5 heteroatoms. The molecule has 0 amide bonds. The average Bonchev–Trinajstić information content (AvgIpc) is 0.811. The summed E-state index contributed by atoms with van der Waals surface area (Å²) in [5.74, 6) is 0. The Morgan fingerprint density at radius 1 is 1.50 bits per heavy atom. The van der Waals surface area contributed by atoms with Gasteiger partial charge in [-0.3, -0.25) is 0 Å². The molecule has 0 aromatic heterocycles. The fourth-order valence-electron chi connectivity index (χ4n) is 0. The van der Waals surface area contributed by atoms with E-state index >= 15 is 0 Å². The molecule has 0 fully saturated rings. The Bertz CT molecular complexity index is 40.3. The molecule has 0 aliphatic heterocycles. The summed E-state index contributed by atoms with van der Waals surface area (Å²) in [6, 6.07) is 0.